The van der Waals surface area contributed by atoms with E-state index in [1.807, 2.05) is 49.4 Å². The van der Waals surface area contributed by atoms with Crippen molar-refractivity contribution in [3.8, 4) is 5.75 Å². The van der Waals surface area contributed by atoms with Gasteiger partial charge in [0.05, 0.1) is 6.10 Å². The lowest BCUT2D eigenvalue weighted by Crippen LogP contribution is -2.38. The summed E-state index contributed by atoms with van der Waals surface area (Å²) in [7, 11) is 0. The molecule has 0 saturated heterocycles. The maximum Gasteiger partial charge on any atom is 0.339 e. The molecule has 2 atom stereocenters. The molecular formula is C25H27NO5. The van der Waals surface area contributed by atoms with E-state index in [1.54, 1.807) is 6.92 Å². The lowest BCUT2D eigenvalue weighted by atomic mass is 9.90. The predicted octanol–water partition coefficient (Wildman–Crippen LogP) is 3.60. The molecule has 0 saturated carbocycles. The smallest absolute Gasteiger partial charge is 0.339 e. The number of aliphatic hydroxyl groups is 1. The molecule has 6 heteroatoms. The number of carbonyl (C=O) groups is 1. The van der Waals surface area contributed by atoms with Crippen LogP contribution in [-0.2, 0) is 17.6 Å². The molecule has 0 aliphatic heterocycles. The van der Waals surface area contributed by atoms with Crippen LogP contribution in [0.5, 0.6) is 5.75 Å². The van der Waals surface area contributed by atoms with E-state index in [0.29, 0.717) is 16.9 Å². The SMILES string of the molecule is Cc1c(O[C@@H](C)C(=O)NC[C@H](O)c2ccccc2)ccc2c3c(c(=O)oc12)CCCC3. The molecule has 162 valence electrons. The summed E-state index contributed by atoms with van der Waals surface area (Å²) in [5, 5.41) is 13.9. The minimum atomic E-state index is -0.791. The van der Waals surface area contributed by atoms with Gasteiger partial charge in [-0.2, -0.15) is 0 Å². The van der Waals surface area contributed by atoms with Gasteiger partial charge < -0.3 is 19.6 Å². The fraction of sp³-hybridized carbons (Fsp3) is 0.360. The van der Waals surface area contributed by atoms with Crippen LogP contribution in [0.15, 0.2) is 51.7 Å². The van der Waals surface area contributed by atoms with Crippen LogP contribution in [0.3, 0.4) is 0 Å². The van der Waals surface area contributed by atoms with Gasteiger partial charge in [-0.25, -0.2) is 4.79 Å². The number of carbonyl (C=O) groups excluding carboxylic acids is 1. The number of hydrogen-bond acceptors (Lipinski definition) is 5. The number of aliphatic hydroxyl groups excluding tert-OH is 1. The van der Waals surface area contributed by atoms with Gasteiger partial charge in [-0.15, -0.1) is 0 Å². The molecule has 0 radical (unpaired) electrons. The van der Waals surface area contributed by atoms with Crippen LogP contribution in [0.4, 0.5) is 0 Å². The summed E-state index contributed by atoms with van der Waals surface area (Å²) >= 11 is 0. The summed E-state index contributed by atoms with van der Waals surface area (Å²) in [5.74, 6) is 0.166. The number of rotatable bonds is 6. The van der Waals surface area contributed by atoms with Gasteiger partial charge in [-0.05, 0) is 62.8 Å². The van der Waals surface area contributed by atoms with Crippen LogP contribution < -0.4 is 15.7 Å². The molecule has 3 aromatic rings. The summed E-state index contributed by atoms with van der Waals surface area (Å²) in [4.78, 5) is 24.9. The fourth-order valence-corrected chi connectivity index (χ4v) is 4.13. The molecule has 31 heavy (non-hydrogen) atoms. The van der Waals surface area contributed by atoms with E-state index in [9.17, 15) is 14.7 Å². The average molecular weight is 421 g/mol. The molecule has 0 unspecified atom stereocenters. The molecule has 1 aliphatic rings. The highest BCUT2D eigenvalue weighted by molar-refractivity contribution is 5.86. The first-order valence-electron chi connectivity index (χ1n) is 10.7. The standard InChI is InChI=1S/C25H27NO5/c1-15-22(13-12-19-18-10-6-7-11-20(18)25(29)31-23(15)19)30-16(2)24(28)26-14-21(27)17-8-4-3-5-9-17/h3-5,8-9,12-13,16,21,27H,6-7,10-11,14H2,1-2H3,(H,26,28)/t16-,21-/m0/s1. The van der Waals surface area contributed by atoms with E-state index in [0.717, 1.165) is 47.8 Å². The van der Waals surface area contributed by atoms with E-state index in [4.69, 9.17) is 9.15 Å². The maximum absolute atomic E-state index is 12.5. The van der Waals surface area contributed by atoms with Crippen LogP contribution in [0.2, 0.25) is 0 Å². The number of hydrogen-bond donors (Lipinski definition) is 2. The third-order valence-electron chi connectivity index (χ3n) is 5.92. The third-order valence-corrected chi connectivity index (χ3v) is 5.92. The van der Waals surface area contributed by atoms with E-state index < -0.39 is 12.2 Å². The number of nitrogens with one attached hydrogen (secondary N) is 1. The van der Waals surface area contributed by atoms with Gasteiger partial charge >= 0.3 is 5.63 Å². The summed E-state index contributed by atoms with van der Waals surface area (Å²) in [6.45, 7) is 3.57. The third kappa shape index (κ3) is 4.35. The predicted molar refractivity (Wildman–Crippen MR) is 118 cm³/mol. The average Bonchev–Trinajstić information content (AvgIpc) is 2.80. The lowest BCUT2D eigenvalue weighted by molar-refractivity contribution is -0.127. The summed E-state index contributed by atoms with van der Waals surface area (Å²) < 4.78 is 11.5. The van der Waals surface area contributed by atoms with Crippen LogP contribution >= 0.6 is 0 Å². The summed E-state index contributed by atoms with van der Waals surface area (Å²) in [6.07, 6.45) is 2.14. The van der Waals surface area contributed by atoms with Crippen molar-refractivity contribution in [3.05, 3.63) is 75.1 Å². The van der Waals surface area contributed by atoms with E-state index in [-0.39, 0.29) is 18.1 Å². The van der Waals surface area contributed by atoms with Crippen molar-refractivity contribution in [2.75, 3.05) is 6.54 Å². The molecule has 1 aliphatic carbocycles. The molecule has 1 aromatic heterocycles. The fourth-order valence-electron chi connectivity index (χ4n) is 4.13. The van der Waals surface area contributed by atoms with Crippen LogP contribution in [0.1, 0.15) is 48.1 Å². The van der Waals surface area contributed by atoms with E-state index >= 15 is 0 Å². The van der Waals surface area contributed by atoms with E-state index in [2.05, 4.69) is 5.32 Å². The minimum Gasteiger partial charge on any atom is -0.480 e. The molecule has 1 heterocycles. The first-order valence-corrected chi connectivity index (χ1v) is 10.7. The topological polar surface area (TPSA) is 88.8 Å². The first kappa shape index (κ1) is 21.1. The second kappa shape index (κ2) is 8.94. The maximum atomic E-state index is 12.5. The molecular weight excluding hydrogens is 394 g/mol. The van der Waals surface area contributed by atoms with Gasteiger partial charge in [0.25, 0.3) is 5.91 Å². The molecule has 2 N–H and O–H groups in total. The highest BCUT2D eigenvalue weighted by atomic mass is 16.5. The van der Waals surface area contributed by atoms with E-state index in [1.165, 1.54) is 0 Å². The van der Waals surface area contributed by atoms with Crippen molar-refractivity contribution in [1.29, 1.82) is 0 Å². The molecule has 0 spiro atoms. The Kier molecular flexibility index (Phi) is 6.09. The Morgan fingerprint density at radius 3 is 2.58 bits per heavy atom. The number of amides is 1. The Balaban J connectivity index is 1.48. The van der Waals surface area contributed by atoms with Gasteiger partial charge in [0, 0.05) is 23.1 Å². The Labute approximate surface area is 180 Å². The minimum absolute atomic E-state index is 0.0915. The number of aryl methyl sites for hydroxylation is 2. The van der Waals surface area contributed by atoms with Crippen molar-refractivity contribution in [2.45, 2.75) is 51.7 Å². The second-order valence-corrected chi connectivity index (χ2v) is 8.05. The number of benzene rings is 2. The zero-order valence-corrected chi connectivity index (χ0v) is 17.8. The van der Waals surface area contributed by atoms with Gasteiger partial charge in [0.15, 0.2) is 6.10 Å². The Bertz CT molecular complexity index is 1150. The van der Waals surface area contributed by atoms with Crippen LogP contribution in [-0.4, -0.2) is 23.7 Å². The Morgan fingerprint density at radius 2 is 1.84 bits per heavy atom. The van der Waals surface area contributed by atoms with Crippen molar-refractivity contribution in [3.63, 3.8) is 0 Å². The van der Waals surface area contributed by atoms with Gasteiger partial charge in [-0.1, -0.05) is 30.3 Å². The van der Waals surface area contributed by atoms with Crippen LogP contribution in [0.25, 0.3) is 11.0 Å². The largest absolute Gasteiger partial charge is 0.480 e. The first-order chi connectivity index (χ1) is 15.0. The van der Waals surface area contributed by atoms with Crippen molar-refractivity contribution < 1.29 is 19.1 Å². The van der Waals surface area contributed by atoms with Crippen molar-refractivity contribution in [1.82, 2.24) is 5.32 Å². The normalized spacial score (nSPS) is 15.2. The van der Waals surface area contributed by atoms with Crippen molar-refractivity contribution in [2.24, 2.45) is 0 Å². The Hall–Kier alpha value is -3.12. The Morgan fingerprint density at radius 1 is 1.13 bits per heavy atom. The lowest BCUT2D eigenvalue weighted by Gasteiger charge is -2.20. The number of ether oxygens (including phenoxy) is 1. The van der Waals surface area contributed by atoms with Gasteiger partial charge in [0.1, 0.15) is 11.3 Å². The van der Waals surface area contributed by atoms with Crippen molar-refractivity contribution >= 4 is 16.9 Å². The van der Waals surface area contributed by atoms with Gasteiger partial charge in [-0.3, -0.25) is 4.79 Å². The monoisotopic (exact) mass is 421 g/mol. The summed E-state index contributed by atoms with van der Waals surface area (Å²) in [5.41, 5.74) is 3.55. The molecule has 4 rings (SSSR count). The highest BCUT2D eigenvalue weighted by Gasteiger charge is 2.22. The summed E-state index contributed by atoms with van der Waals surface area (Å²) in [6, 6.07) is 12.9. The second-order valence-electron chi connectivity index (χ2n) is 8.05. The zero-order valence-electron chi connectivity index (χ0n) is 17.8. The molecule has 0 bridgehead atoms. The molecule has 0 fully saturated rings. The zero-order chi connectivity index (χ0) is 22.0. The van der Waals surface area contributed by atoms with Gasteiger partial charge in [0.2, 0.25) is 0 Å². The molecule has 6 nitrogen and oxygen atoms in total. The highest BCUT2D eigenvalue weighted by Crippen LogP contribution is 2.32. The quantitative estimate of drug-likeness (QED) is 0.594. The number of fused-ring (bicyclic) bond motifs is 3. The molecule has 1 amide bonds. The molecule has 2 aromatic carbocycles. The van der Waals surface area contributed by atoms with Crippen LogP contribution in [0, 0.1) is 6.92 Å².